The van der Waals surface area contributed by atoms with Gasteiger partial charge in [0.15, 0.2) is 5.69 Å². The highest BCUT2D eigenvalue weighted by molar-refractivity contribution is 6.07. The number of para-hydroxylation sites is 1. The third-order valence-electron chi connectivity index (χ3n) is 5.31. The quantitative estimate of drug-likeness (QED) is 0.452. The van der Waals surface area contributed by atoms with Crippen molar-refractivity contribution >= 4 is 17.4 Å². The highest BCUT2D eigenvalue weighted by Gasteiger charge is 2.26. The summed E-state index contributed by atoms with van der Waals surface area (Å²) in [5.41, 5.74) is 5.21. The molecule has 3 rings (SSSR count). The number of nitrogens with two attached hydrogens (primary N) is 1. The van der Waals surface area contributed by atoms with E-state index in [1.807, 2.05) is 6.92 Å². The molecule has 0 bridgehead atoms. The molecule has 0 aliphatic heterocycles. The Kier molecular flexibility index (Phi) is 8.24. The van der Waals surface area contributed by atoms with E-state index in [-0.39, 0.29) is 35.9 Å². The number of unbranched alkanes of at least 4 members (excludes halogenated alkanes) is 1. The second-order valence-electron chi connectivity index (χ2n) is 7.60. The zero-order valence-corrected chi connectivity index (χ0v) is 19.3. The maximum atomic E-state index is 13.6. The molecule has 35 heavy (non-hydrogen) atoms. The number of benzene rings is 2. The van der Waals surface area contributed by atoms with Gasteiger partial charge in [0.05, 0.1) is 13.7 Å². The number of carbonyl (C=O) groups is 1. The highest BCUT2D eigenvalue weighted by Crippen LogP contribution is 2.27. The summed E-state index contributed by atoms with van der Waals surface area (Å²) in [6.07, 6.45) is 1.40. The molecule has 2 aromatic carbocycles. The van der Waals surface area contributed by atoms with Crippen LogP contribution in [0.5, 0.6) is 11.5 Å². The van der Waals surface area contributed by atoms with Crippen molar-refractivity contribution in [3.8, 4) is 11.5 Å². The van der Waals surface area contributed by atoms with Gasteiger partial charge in [0.25, 0.3) is 11.5 Å². The lowest BCUT2D eigenvalue weighted by molar-refractivity contribution is -0.0498. The van der Waals surface area contributed by atoms with Crippen LogP contribution in [-0.4, -0.2) is 29.2 Å². The Hall–Kier alpha value is -4.15. The molecule has 3 N–H and O–H groups in total. The molecule has 11 heteroatoms. The molecular formula is C24H26F2N4O5. The smallest absolute Gasteiger partial charge is 0.387 e. The number of carbonyl (C=O) groups excluding carboxylic acids is 1. The normalized spacial score (nSPS) is 10.9. The lowest BCUT2D eigenvalue weighted by Crippen LogP contribution is -2.41. The van der Waals surface area contributed by atoms with Crippen LogP contribution in [0.25, 0.3) is 0 Å². The Labute approximate surface area is 199 Å². The van der Waals surface area contributed by atoms with E-state index < -0.39 is 23.8 Å². The number of nitrogen functional groups attached to an aromatic ring is 1. The summed E-state index contributed by atoms with van der Waals surface area (Å²) in [5.74, 6) is -0.455. The summed E-state index contributed by atoms with van der Waals surface area (Å²) < 4.78 is 35.9. The molecule has 0 fully saturated rings. The van der Waals surface area contributed by atoms with Crippen molar-refractivity contribution in [3.05, 3.63) is 80.5 Å². The van der Waals surface area contributed by atoms with Gasteiger partial charge < -0.3 is 15.2 Å². The standard InChI is InChI=1S/C24H26F2N4O5/c1-3-4-13-29-20(27)19(21(31)28-24(29)33)30(14-16-7-5-6-8-18(16)34-2)22(32)15-9-11-17(12-10-15)35-23(25)26/h5-12,23H,3-4,13-14,27H2,1-2H3,(H,28,31,33). The highest BCUT2D eigenvalue weighted by atomic mass is 19.3. The summed E-state index contributed by atoms with van der Waals surface area (Å²) in [4.78, 5) is 42.3. The minimum absolute atomic E-state index is 0.0895. The molecule has 0 unspecified atom stereocenters. The van der Waals surface area contributed by atoms with E-state index in [4.69, 9.17) is 10.5 Å². The fourth-order valence-electron chi connectivity index (χ4n) is 3.57. The van der Waals surface area contributed by atoms with Crippen LogP contribution in [0.15, 0.2) is 58.1 Å². The maximum absolute atomic E-state index is 13.6. The first-order valence-electron chi connectivity index (χ1n) is 10.9. The predicted molar refractivity (Wildman–Crippen MR) is 127 cm³/mol. The van der Waals surface area contributed by atoms with Gasteiger partial charge in [-0.15, -0.1) is 0 Å². The Morgan fingerprint density at radius 1 is 1.14 bits per heavy atom. The zero-order valence-electron chi connectivity index (χ0n) is 19.3. The van der Waals surface area contributed by atoms with E-state index in [2.05, 4.69) is 9.72 Å². The number of H-pyrrole nitrogens is 1. The summed E-state index contributed by atoms with van der Waals surface area (Å²) in [6.45, 7) is -0.938. The van der Waals surface area contributed by atoms with Crippen molar-refractivity contribution in [3.63, 3.8) is 0 Å². The monoisotopic (exact) mass is 488 g/mol. The van der Waals surface area contributed by atoms with Crippen LogP contribution in [-0.2, 0) is 13.1 Å². The van der Waals surface area contributed by atoms with Gasteiger partial charge in [0, 0.05) is 17.7 Å². The molecule has 1 heterocycles. The molecule has 0 atom stereocenters. The van der Waals surface area contributed by atoms with E-state index >= 15 is 0 Å². The molecule has 3 aromatic rings. The lowest BCUT2D eigenvalue weighted by Gasteiger charge is -2.25. The van der Waals surface area contributed by atoms with E-state index in [1.165, 1.54) is 35.9 Å². The molecule has 0 aliphatic rings. The van der Waals surface area contributed by atoms with Crippen LogP contribution >= 0.6 is 0 Å². The van der Waals surface area contributed by atoms with Crippen LogP contribution < -0.4 is 31.4 Å². The SMILES string of the molecule is CCCCn1c(N)c(N(Cc2ccccc2OC)C(=O)c2ccc(OC(F)F)cc2)c(=O)[nH]c1=O. The molecule has 186 valence electrons. The van der Waals surface area contributed by atoms with Crippen molar-refractivity contribution in [1.29, 1.82) is 0 Å². The average Bonchev–Trinajstić information content (AvgIpc) is 2.83. The maximum Gasteiger partial charge on any atom is 0.387 e. The fourth-order valence-corrected chi connectivity index (χ4v) is 3.57. The Bertz CT molecular complexity index is 1290. The first-order chi connectivity index (χ1) is 16.8. The minimum Gasteiger partial charge on any atom is -0.496 e. The van der Waals surface area contributed by atoms with Gasteiger partial charge in [-0.3, -0.25) is 24.0 Å². The summed E-state index contributed by atoms with van der Waals surface area (Å²) in [7, 11) is 1.47. The number of aromatic amines is 1. The van der Waals surface area contributed by atoms with Crippen molar-refractivity contribution in [1.82, 2.24) is 9.55 Å². The Morgan fingerprint density at radius 3 is 2.46 bits per heavy atom. The van der Waals surface area contributed by atoms with Gasteiger partial charge in [0.2, 0.25) is 0 Å². The number of aromatic nitrogens is 2. The Morgan fingerprint density at radius 2 is 1.83 bits per heavy atom. The first-order valence-corrected chi connectivity index (χ1v) is 10.9. The number of rotatable bonds is 10. The molecule has 1 aromatic heterocycles. The Balaban J connectivity index is 2.13. The van der Waals surface area contributed by atoms with Crippen LogP contribution in [0.3, 0.4) is 0 Å². The molecule has 1 amide bonds. The van der Waals surface area contributed by atoms with Crippen LogP contribution in [0.2, 0.25) is 0 Å². The van der Waals surface area contributed by atoms with Crippen LogP contribution in [0, 0.1) is 0 Å². The second-order valence-corrected chi connectivity index (χ2v) is 7.60. The number of halogens is 2. The molecule has 9 nitrogen and oxygen atoms in total. The van der Waals surface area contributed by atoms with Crippen molar-refractivity contribution in [2.75, 3.05) is 17.7 Å². The lowest BCUT2D eigenvalue weighted by atomic mass is 10.1. The van der Waals surface area contributed by atoms with E-state index in [0.717, 1.165) is 11.3 Å². The number of methoxy groups -OCH3 is 1. The number of amides is 1. The van der Waals surface area contributed by atoms with Gasteiger partial charge in [-0.25, -0.2) is 4.79 Å². The number of hydrogen-bond donors (Lipinski definition) is 2. The number of nitrogens with zero attached hydrogens (tertiary/aromatic N) is 2. The van der Waals surface area contributed by atoms with Gasteiger partial charge in [-0.1, -0.05) is 31.5 Å². The molecule has 0 saturated heterocycles. The largest absolute Gasteiger partial charge is 0.496 e. The van der Waals surface area contributed by atoms with Gasteiger partial charge >= 0.3 is 12.3 Å². The van der Waals surface area contributed by atoms with Gasteiger partial charge in [0.1, 0.15) is 17.3 Å². The van der Waals surface area contributed by atoms with Gasteiger partial charge in [-0.2, -0.15) is 8.78 Å². The topological polar surface area (TPSA) is 120 Å². The molecular weight excluding hydrogens is 462 g/mol. The third-order valence-corrected chi connectivity index (χ3v) is 5.31. The predicted octanol–water partition coefficient (Wildman–Crippen LogP) is 3.38. The van der Waals surface area contributed by atoms with Crippen LogP contribution in [0.4, 0.5) is 20.3 Å². The minimum atomic E-state index is -3.01. The van der Waals surface area contributed by atoms with E-state index in [0.29, 0.717) is 17.7 Å². The average molecular weight is 488 g/mol. The summed E-state index contributed by atoms with van der Waals surface area (Å²) in [6, 6.07) is 11.9. The first kappa shape index (κ1) is 25.5. The third kappa shape index (κ3) is 5.86. The summed E-state index contributed by atoms with van der Waals surface area (Å²) in [5, 5.41) is 0. The number of anilines is 2. The number of alkyl halides is 2. The van der Waals surface area contributed by atoms with Gasteiger partial charge in [-0.05, 0) is 36.8 Å². The number of hydrogen-bond acceptors (Lipinski definition) is 6. The molecule has 0 radical (unpaired) electrons. The van der Waals surface area contributed by atoms with E-state index in [1.54, 1.807) is 24.3 Å². The molecule has 0 aliphatic carbocycles. The number of ether oxygens (including phenoxy) is 2. The molecule has 0 spiro atoms. The van der Waals surface area contributed by atoms with Crippen molar-refractivity contribution < 1.29 is 23.0 Å². The summed E-state index contributed by atoms with van der Waals surface area (Å²) >= 11 is 0. The van der Waals surface area contributed by atoms with E-state index in [9.17, 15) is 23.2 Å². The number of nitrogens with one attached hydrogen (secondary N) is 1. The zero-order chi connectivity index (χ0) is 25.5. The second kappa shape index (κ2) is 11.3. The van der Waals surface area contributed by atoms with Crippen molar-refractivity contribution in [2.24, 2.45) is 0 Å². The van der Waals surface area contributed by atoms with Crippen molar-refractivity contribution in [2.45, 2.75) is 39.5 Å². The fraction of sp³-hybridized carbons (Fsp3) is 0.292. The molecule has 0 saturated carbocycles. The van der Waals surface area contributed by atoms with Crippen LogP contribution in [0.1, 0.15) is 35.7 Å².